The van der Waals surface area contributed by atoms with Crippen LogP contribution in [-0.2, 0) is 12.8 Å². The summed E-state index contributed by atoms with van der Waals surface area (Å²) >= 11 is 0. The maximum Gasteiger partial charge on any atom is 0.123 e. The standard InChI is InChI=1S/C18H27FN2/c1-21(12-15-4-2-3-5-18(15)20)17-9-7-13-10-16(19)8-6-14(13)11-17/h6,8,10,15,17-18H,2-5,7,9,11-12,20H2,1H3/t15-,17-,18+/m0/s1. The molecular formula is C18H27FN2. The van der Waals surface area contributed by atoms with Gasteiger partial charge in [0.2, 0.25) is 0 Å². The van der Waals surface area contributed by atoms with Crippen LogP contribution < -0.4 is 5.73 Å². The normalized spacial score (nSPS) is 29.4. The van der Waals surface area contributed by atoms with Crippen LogP contribution in [0.5, 0.6) is 0 Å². The number of halogens is 1. The molecule has 2 aliphatic carbocycles. The van der Waals surface area contributed by atoms with Gasteiger partial charge < -0.3 is 10.6 Å². The number of likely N-dealkylation sites (N-methyl/N-ethyl adjacent to an activating group) is 1. The van der Waals surface area contributed by atoms with Gasteiger partial charge in [0, 0.05) is 18.6 Å². The van der Waals surface area contributed by atoms with E-state index in [1.54, 1.807) is 12.1 Å². The van der Waals surface area contributed by atoms with E-state index in [9.17, 15) is 4.39 Å². The Kier molecular flexibility index (Phi) is 4.60. The van der Waals surface area contributed by atoms with Gasteiger partial charge >= 0.3 is 0 Å². The first-order valence-electron chi connectivity index (χ1n) is 8.36. The van der Waals surface area contributed by atoms with Crippen molar-refractivity contribution in [3.05, 3.63) is 35.1 Å². The molecule has 0 spiro atoms. The molecule has 3 rings (SSSR count). The second kappa shape index (κ2) is 6.45. The van der Waals surface area contributed by atoms with E-state index in [1.807, 2.05) is 6.07 Å². The Bertz CT molecular complexity index is 488. The fraction of sp³-hybridized carbons (Fsp3) is 0.667. The third kappa shape index (κ3) is 3.46. The highest BCUT2D eigenvalue weighted by Crippen LogP contribution is 2.28. The molecule has 2 aliphatic rings. The van der Waals surface area contributed by atoms with Crippen molar-refractivity contribution in [2.24, 2.45) is 11.7 Å². The van der Waals surface area contributed by atoms with Gasteiger partial charge in [-0.05, 0) is 68.3 Å². The lowest BCUT2D eigenvalue weighted by atomic mass is 9.83. The maximum absolute atomic E-state index is 13.3. The van der Waals surface area contributed by atoms with Gasteiger partial charge in [0.1, 0.15) is 5.82 Å². The summed E-state index contributed by atoms with van der Waals surface area (Å²) < 4.78 is 13.3. The fourth-order valence-corrected chi connectivity index (χ4v) is 4.06. The molecule has 3 atom stereocenters. The molecule has 1 aromatic carbocycles. The molecule has 1 aromatic rings. The monoisotopic (exact) mass is 290 g/mol. The minimum absolute atomic E-state index is 0.103. The number of rotatable bonds is 3. The Morgan fingerprint density at radius 3 is 2.81 bits per heavy atom. The van der Waals surface area contributed by atoms with Crippen LogP contribution in [0.25, 0.3) is 0 Å². The van der Waals surface area contributed by atoms with Crippen LogP contribution in [0.1, 0.15) is 43.2 Å². The third-order valence-electron chi connectivity index (χ3n) is 5.48. The summed E-state index contributed by atoms with van der Waals surface area (Å²) in [5.41, 5.74) is 8.81. The van der Waals surface area contributed by atoms with Crippen LogP contribution in [-0.4, -0.2) is 30.6 Å². The van der Waals surface area contributed by atoms with Gasteiger partial charge in [0.05, 0.1) is 0 Å². The molecule has 0 unspecified atom stereocenters. The Hall–Kier alpha value is -0.930. The molecule has 0 bridgehead atoms. The van der Waals surface area contributed by atoms with Gasteiger partial charge in [0.25, 0.3) is 0 Å². The summed E-state index contributed by atoms with van der Waals surface area (Å²) in [5, 5.41) is 0. The van der Waals surface area contributed by atoms with Crippen molar-refractivity contribution in [1.82, 2.24) is 4.90 Å². The summed E-state index contributed by atoms with van der Waals surface area (Å²) in [6.45, 7) is 1.11. The van der Waals surface area contributed by atoms with Gasteiger partial charge in [0.15, 0.2) is 0 Å². The molecule has 21 heavy (non-hydrogen) atoms. The van der Waals surface area contributed by atoms with E-state index >= 15 is 0 Å². The van der Waals surface area contributed by atoms with Crippen LogP contribution in [0.15, 0.2) is 18.2 Å². The van der Waals surface area contributed by atoms with E-state index in [4.69, 9.17) is 5.73 Å². The predicted octanol–water partition coefficient (Wildman–Crippen LogP) is 3.13. The summed E-state index contributed by atoms with van der Waals surface area (Å²) in [5.74, 6) is 0.548. The molecule has 0 amide bonds. The Balaban J connectivity index is 1.61. The van der Waals surface area contributed by atoms with E-state index < -0.39 is 0 Å². The van der Waals surface area contributed by atoms with Gasteiger partial charge in [-0.15, -0.1) is 0 Å². The lowest BCUT2D eigenvalue weighted by Gasteiger charge is -2.37. The average Bonchev–Trinajstić information content (AvgIpc) is 2.49. The molecule has 2 N–H and O–H groups in total. The third-order valence-corrected chi connectivity index (χ3v) is 5.48. The fourth-order valence-electron chi connectivity index (χ4n) is 4.06. The number of aryl methyl sites for hydroxylation is 1. The zero-order valence-corrected chi connectivity index (χ0v) is 13.0. The largest absolute Gasteiger partial charge is 0.327 e. The van der Waals surface area contributed by atoms with Crippen LogP contribution in [0.3, 0.4) is 0 Å². The van der Waals surface area contributed by atoms with E-state index in [0.29, 0.717) is 18.0 Å². The van der Waals surface area contributed by atoms with Crippen LogP contribution in [0.2, 0.25) is 0 Å². The van der Waals surface area contributed by atoms with Crippen molar-refractivity contribution in [2.75, 3.05) is 13.6 Å². The van der Waals surface area contributed by atoms with Crippen LogP contribution in [0, 0.1) is 11.7 Å². The van der Waals surface area contributed by atoms with Gasteiger partial charge in [-0.2, -0.15) is 0 Å². The van der Waals surface area contributed by atoms with Gasteiger partial charge in [-0.3, -0.25) is 0 Å². The van der Waals surface area contributed by atoms with Gasteiger partial charge in [-0.25, -0.2) is 4.39 Å². The van der Waals surface area contributed by atoms with Crippen molar-refractivity contribution < 1.29 is 4.39 Å². The highest BCUT2D eigenvalue weighted by Gasteiger charge is 2.27. The molecule has 116 valence electrons. The molecule has 1 saturated carbocycles. The highest BCUT2D eigenvalue weighted by molar-refractivity contribution is 5.31. The van der Waals surface area contributed by atoms with Crippen LogP contribution in [0.4, 0.5) is 4.39 Å². The minimum atomic E-state index is -0.103. The Labute approximate surface area is 127 Å². The molecule has 2 nitrogen and oxygen atoms in total. The number of hydrogen-bond acceptors (Lipinski definition) is 2. The molecule has 0 aromatic heterocycles. The molecule has 0 radical (unpaired) electrons. The first-order chi connectivity index (χ1) is 10.1. The molecule has 0 saturated heterocycles. The summed E-state index contributed by atoms with van der Waals surface area (Å²) in [4.78, 5) is 2.50. The molecular weight excluding hydrogens is 263 g/mol. The topological polar surface area (TPSA) is 29.3 Å². The van der Waals surface area contributed by atoms with Crippen molar-refractivity contribution in [3.8, 4) is 0 Å². The molecule has 3 heteroatoms. The quantitative estimate of drug-likeness (QED) is 0.926. The number of fused-ring (bicyclic) bond motifs is 1. The van der Waals surface area contributed by atoms with Crippen LogP contribution >= 0.6 is 0 Å². The van der Waals surface area contributed by atoms with E-state index in [0.717, 1.165) is 25.8 Å². The van der Waals surface area contributed by atoms with E-state index in [-0.39, 0.29) is 5.82 Å². The SMILES string of the molecule is CN(C[C@@H]1CCCC[C@H]1N)[C@H]1CCc2cc(F)ccc2C1. The smallest absolute Gasteiger partial charge is 0.123 e. The first kappa shape index (κ1) is 15.0. The predicted molar refractivity (Wildman–Crippen MR) is 84.8 cm³/mol. The van der Waals surface area contributed by atoms with Crippen molar-refractivity contribution >= 4 is 0 Å². The lowest BCUT2D eigenvalue weighted by Crippen LogP contribution is -2.45. The lowest BCUT2D eigenvalue weighted by molar-refractivity contribution is 0.157. The number of hydrogen-bond donors (Lipinski definition) is 1. The maximum atomic E-state index is 13.3. The van der Waals surface area contributed by atoms with E-state index in [1.165, 1.54) is 36.8 Å². The number of nitrogens with zero attached hydrogens (tertiary/aromatic N) is 1. The van der Waals surface area contributed by atoms with Gasteiger partial charge in [-0.1, -0.05) is 18.9 Å². The highest BCUT2D eigenvalue weighted by atomic mass is 19.1. The summed E-state index contributed by atoms with van der Waals surface area (Å²) in [6.07, 6.45) is 8.27. The molecule has 0 aliphatic heterocycles. The number of benzene rings is 1. The minimum Gasteiger partial charge on any atom is -0.327 e. The summed E-state index contributed by atoms with van der Waals surface area (Å²) in [6, 6.07) is 6.24. The Morgan fingerprint density at radius 2 is 2.00 bits per heavy atom. The van der Waals surface area contributed by atoms with Crippen molar-refractivity contribution in [3.63, 3.8) is 0 Å². The zero-order valence-electron chi connectivity index (χ0n) is 13.0. The average molecular weight is 290 g/mol. The van der Waals surface area contributed by atoms with Crippen molar-refractivity contribution in [1.29, 1.82) is 0 Å². The van der Waals surface area contributed by atoms with Crippen molar-refractivity contribution in [2.45, 2.75) is 57.0 Å². The first-order valence-corrected chi connectivity index (χ1v) is 8.36. The van der Waals surface area contributed by atoms with E-state index in [2.05, 4.69) is 11.9 Å². The molecule has 0 heterocycles. The second-order valence-electron chi connectivity index (χ2n) is 6.96. The number of nitrogens with two attached hydrogens (primary N) is 1. The second-order valence-corrected chi connectivity index (χ2v) is 6.96. The molecule has 1 fully saturated rings. The zero-order chi connectivity index (χ0) is 14.8. The summed E-state index contributed by atoms with van der Waals surface area (Å²) in [7, 11) is 2.24. The Morgan fingerprint density at radius 1 is 1.19 bits per heavy atom.